The van der Waals surface area contributed by atoms with Crippen LogP contribution in [0.5, 0.6) is 0 Å². The van der Waals surface area contributed by atoms with Gasteiger partial charge in [0.1, 0.15) is 6.61 Å². The highest BCUT2D eigenvalue weighted by Crippen LogP contribution is 2.12. The lowest BCUT2D eigenvalue weighted by Crippen LogP contribution is -2.36. The number of amides is 1. The molecule has 1 heterocycles. The summed E-state index contributed by atoms with van der Waals surface area (Å²) < 4.78 is 6.91. The number of rotatable bonds is 7. The normalized spacial score (nSPS) is 11.9. The van der Waals surface area contributed by atoms with Crippen LogP contribution in [0.4, 0.5) is 0 Å². The van der Waals surface area contributed by atoms with E-state index in [1.807, 2.05) is 0 Å². The molecule has 1 atom stereocenters. The second-order valence-electron chi connectivity index (χ2n) is 4.69. The molecule has 1 aromatic carbocycles. The molecule has 2 aromatic rings. The molecule has 116 valence electrons. The van der Waals surface area contributed by atoms with Gasteiger partial charge in [-0.05, 0) is 11.6 Å². The number of carboxylic acid groups (broad SMARTS) is 1. The Morgan fingerprint density at radius 1 is 1.32 bits per heavy atom. The summed E-state index contributed by atoms with van der Waals surface area (Å²) in [6.45, 7) is 0.00872. The zero-order valence-electron chi connectivity index (χ0n) is 12.1. The first-order valence-electron chi connectivity index (χ1n) is 6.69. The molecule has 0 saturated carbocycles. The number of carbonyl (C=O) groups excluding carboxylic acids is 1. The number of ether oxygens (including phenoxy) is 1. The van der Waals surface area contributed by atoms with Crippen LogP contribution in [-0.4, -0.2) is 33.4 Å². The third-order valence-corrected chi connectivity index (χ3v) is 3.09. The Morgan fingerprint density at radius 3 is 2.64 bits per heavy atom. The Morgan fingerprint density at radius 2 is 2.05 bits per heavy atom. The Kier molecular flexibility index (Phi) is 5.26. The van der Waals surface area contributed by atoms with Gasteiger partial charge < -0.3 is 15.2 Å². The zero-order chi connectivity index (χ0) is 15.9. The van der Waals surface area contributed by atoms with Crippen LogP contribution in [-0.2, 0) is 28.0 Å². The third kappa shape index (κ3) is 4.16. The van der Waals surface area contributed by atoms with Gasteiger partial charge in [-0.25, -0.2) is 4.79 Å². The second kappa shape index (κ2) is 7.37. The van der Waals surface area contributed by atoms with Crippen molar-refractivity contribution < 1.29 is 19.4 Å². The van der Waals surface area contributed by atoms with Gasteiger partial charge in [0.2, 0.25) is 5.91 Å². The molecule has 0 radical (unpaired) electrons. The van der Waals surface area contributed by atoms with Crippen LogP contribution >= 0.6 is 0 Å². The predicted octanol–water partition coefficient (Wildman–Crippen LogP) is 0.879. The number of aliphatic carboxylic acids is 1. The van der Waals surface area contributed by atoms with Crippen molar-refractivity contribution in [2.75, 3.05) is 6.61 Å². The van der Waals surface area contributed by atoms with Crippen LogP contribution in [0, 0.1) is 0 Å². The topological polar surface area (TPSA) is 93.5 Å². The van der Waals surface area contributed by atoms with E-state index in [1.54, 1.807) is 54.3 Å². The molecular weight excluding hydrogens is 286 g/mol. The molecule has 7 heteroatoms. The Bertz CT molecular complexity index is 639. The highest BCUT2D eigenvalue weighted by atomic mass is 16.5. The Hall–Kier alpha value is -2.67. The van der Waals surface area contributed by atoms with Crippen LogP contribution in [0.25, 0.3) is 0 Å². The van der Waals surface area contributed by atoms with E-state index >= 15 is 0 Å². The lowest BCUT2D eigenvalue weighted by Gasteiger charge is -2.15. The molecule has 0 fully saturated rings. The van der Waals surface area contributed by atoms with Crippen molar-refractivity contribution in [3.05, 3.63) is 53.9 Å². The van der Waals surface area contributed by atoms with Crippen molar-refractivity contribution in [3.63, 3.8) is 0 Å². The molecule has 0 saturated heterocycles. The average Bonchev–Trinajstić information content (AvgIpc) is 2.91. The van der Waals surface area contributed by atoms with Gasteiger partial charge in [0.15, 0.2) is 6.04 Å². The highest BCUT2D eigenvalue weighted by Gasteiger charge is 2.21. The van der Waals surface area contributed by atoms with Crippen LogP contribution in [0.2, 0.25) is 0 Å². The molecule has 0 aliphatic heterocycles. The van der Waals surface area contributed by atoms with Crippen molar-refractivity contribution >= 4 is 11.9 Å². The van der Waals surface area contributed by atoms with Gasteiger partial charge in [0, 0.05) is 13.2 Å². The quantitative estimate of drug-likeness (QED) is 0.792. The van der Waals surface area contributed by atoms with E-state index in [2.05, 4.69) is 10.4 Å². The second-order valence-corrected chi connectivity index (χ2v) is 4.69. The summed E-state index contributed by atoms with van der Waals surface area (Å²) >= 11 is 0. The summed E-state index contributed by atoms with van der Waals surface area (Å²) in [6.07, 6.45) is 1.63. The van der Waals surface area contributed by atoms with Crippen LogP contribution in [0.15, 0.2) is 42.6 Å². The van der Waals surface area contributed by atoms with E-state index < -0.39 is 17.9 Å². The van der Waals surface area contributed by atoms with Crippen molar-refractivity contribution in [2.24, 2.45) is 7.05 Å². The van der Waals surface area contributed by atoms with Crippen LogP contribution < -0.4 is 5.32 Å². The standard InChI is InChI=1S/C15H17N3O4/c1-18-12(7-8-16-18)9-22-10-13(19)17-14(15(20)21)11-5-3-2-4-6-11/h2-8,14H,9-10H2,1H3,(H,17,19)(H,20,21)/t14-/m1/s1. The minimum Gasteiger partial charge on any atom is -0.479 e. The molecule has 7 nitrogen and oxygen atoms in total. The van der Waals surface area contributed by atoms with Gasteiger partial charge in [-0.2, -0.15) is 5.10 Å². The fraction of sp³-hybridized carbons (Fsp3) is 0.267. The molecule has 2 N–H and O–H groups in total. The number of nitrogens with one attached hydrogen (secondary N) is 1. The van der Waals surface area contributed by atoms with E-state index in [-0.39, 0.29) is 13.2 Å². The van der Waals surface area contributed by atoms with E-state index in [0.29, 0.717) is 5.56 Å². The molecule has 1 amide bonds. The summed E-state index contributed by atoms with van der Waals surface area (Å²) in [5.74, 6) is -1.61. The van der Waals surface area contributed by atoms with Crippen molar-refractivity contribution in [1.29, 1.82) is 0 Å². The van der Waals surface area contributed by atoms with Gasteiger partial charge in [-0.3, -0.25) is 9.48 Å². The minimum atomic E-state index is -1.12. The van der Waals surface area contributed by atoms with Gasteiger partial charge >= 0.3 is 5.97 Å². The number of nitrogens with zero attached hydrogens (tertiary/aromatic N) is 2. The molecule has 2 rings (SSSR count). The van der Waals surface area contributed by atoms with Crippen molar-refractivity contribution in [3.8, 4) is 0 Å². The molecular formula is C15H17N3O4. The summed E-state index contributed by atoms with van der Waals surface area (Å²) in [5, 5.41) is 15.6. The number of carbonyl (C=O) groups is 2. The maximum absolute atomic E-state index is 11.8. The summed E-state index contributed by atoms with van der Waals surface area (Å²) in [6, 6.07) is 9.20. The van der Waals surface area contributed by atoms with Gasteiger partial charge in [0.25, 0.3) is 0 Å². The lowest BCUT2D eigenvalue weighted by atomic mass is 10.1. The smallest absolute Gasteiger partial charge is 0.330 e. The maximum Gasteiger partial charge on any atom is 0.330 e. The molecule has 22 heavy (non-hydrogen) atoms. The highest BCUT2D eigenvalue weighted by molar-refractivity contribution is 5.85. The first kappa shape index (κ1) is 15.7. The fourth-order valence-electron chi connectivity index (χ4n) is 1.93. The van der Waals surface area contributed by atoms with Crippen LogP contribution in [0.3, 0.4) is 0 Å². The number of hydrogen-bond acceptors (Lipinski definition) is 4. The van der Waals surface area contributed by atoms with Gasteiger partial charge in [-0.1, -0.05) is 30.3 Å². The first-order valence-corrected chi connectivity index (χ1v) is 6.69. The lowest BCUT2D eigenvalue weighted by molar-refractivity contribution is -0.142. The molecule has 0 spiro atoms. The third-order valence-electron chi connectivity index (χ3n) is 3.09. The number of benzene rings is 1. The zero-order valence-corrected chi connectivity index (χ0v) is 12.1. The first-order chi connectivity index (χ1) is 10.6. The monoisotopic (exact) mass is 303 g/mol. The number of carboxylic acids is 1. The molecule has 0 bridgehead atoms. The predicted molar refractivity (Wildman–Crippen MR) is 77.8 cm³/mol. The molecule has 0 aliphatic rings. The van der Waals surface area contributed by atoms with Crippen LogP contribution in [0.1, 0.15) is 17.3 Å². The fourth-order valence-corrected chi connectivity index (χ4v) is 1.93. The molecule has 0 unspecified atom stereocenters. The van der Waals surface area contributed by atoms with E-state index in [1.165, 1.54) is 0 Å². The number of aryl methyl sites for hydroxylation is 1. The van der Waals surface area contributed by atoms with E-state index in [4.69, 9.17) is 4.74 Å². The minimum absolute atomic E-state index is 0.220. The van der Waals surface area contributed by atoms with Gasteiger partial charge in [0.05, 0.1) is 12.3 Å². The average molecular weight is 303 g/mol. The Labute approximate surface area is 127 Å². The number of hydrogen-bond donors (Lipinski definition) is 2. The summed E-state index contributed by atoms with van der Waals surface area (Å²) in [7, 11) is 1.77. The number of aromatic nitrogens is 2. The molecule has 0 aliphatic carbocycles. The molecule has 1 aromatic heterocycles. The summed E-state index contributed by atoms with van der Waals surface area (Å²) in [5.41, 5.74) is 1.33. The largest absolute Gasteiger partial charge is 0.479 e. The van der Waals surface area contributed by atoms with Crippen molar-refractivity contribution in [1.82, 2.24) is 15.1 Å². The van der Waals surface area contributed by atoms with Crippen molar-refractivity contribution in [2.45, 2.75) is 12.6 Å². The van der Waals surface area contributed by atoms with Gasteiger partial charge in [-0.15, -0.1) is 0 Å². The SMILES string of the molecule is Cn1nccc1COCC(=O)N[C@@H](C(=O)O)c1ccccc1. The maximum atomic E-state index is 11.8. The van der Waals surface area contributed by atoms with E-state index in [0.717, 1.165) is 5.69 Å². The summed E-state index contributed by atoms with van der Waals surface area (Å²) in [4.78, 5) is 23.1. The Balaban J connectivity index is 1.87. The van der Waals surface area contributed by atoms with E-state index in [9.17, 15) is 14.7 Å².